The number of rotatable bonds is 3. The summed E-state index contributed by atoms with van der Waals surface area (Å²) >= 11 is 7.74. The van der Waals surface area contributed by atoms with Gasteiger partial charge in [0.2, 0.25) is 0 Å². The van der Waals surface area contributed by atoms with E-state index >= 15 is 0 Å². The fraction of sp³-hybridized carbons (Fsp3) is 0.700. The fourth-order valence-electron chi connectivity index (χ4n) is 1.63. The van der Waals surface area contributed by atoms with Crippen LogP contribution in [0.3, 0.4) is 0 Å². The van der Waals surface area contributed by atoms with Gasteiger partial charge in [-0.2, -0.15) is 0 Å². The fourth-order valence-corrected chi connectivity index (χ4v) is 3.10. The highest BCUT2D eigenvalue weighted by Crippen LogP contribution is 2.30. The van der Waals surface area contributed by atoms with Crippen LogP contribution in [-0.2, 0) is 11.2 Å². The van der Waals surface area contributed by atoms with Crippen molar-refractivity contribution >= 4 is 28.1 Å². The molecule has 1 aromatic heterocycles. The van der Waals surface area contributed by atoms with Gasteiger partial charge in [0.25, 0.3) is 0 Å². The topological polar surface area (TPSA) is 51.4 Å². The van der Waals surface area contributed by atoms with Gasteiger partial charge in [0, 0.05) is 24.0 Å². The Balaban J connectivity index is 2.09. The standard InChI is InChI=1S/C10H16ClN3OS/c1-7(12)6-8-9(11)13-10(16-8)14-2-4-15-5-3-14/h7H,2-6,12H2,1H3. The molecule has 0 spiro atoms. The quantitative estimate of drug-likeness (QED) is 0.897. The second kappa shape index (κ2) is 5.31. The molecular formula is C10H16ClN3OS. The van der Waals surface area contributed by atoms with Crippen molar-refractivity contribution in [2.75, 3.05) is 31.2 Å². The zero-order valence-electron chi connectivity index (χ0n) is 9.28. The average molecular weight is 262 g/mol. The van der Waals surface area contributed by atoms with E-state index in [9.17, 15) is 0 Å². The number of nitrogens with two attached hydrogens (primary N) is 1. The van der Waals surface area contributed by atoms with E-state index in [0.29, 0.717) is 5.15 Å². The molecule has 0 aliphatic carbocycles. The van der Waals surface area contributed by atoms with Gasteiger partial charge in [-0.25, -0.2) is 4.98 Å². The lowest BCUT2D eigenvalue weighted by Gasteiger charge is -2.25. The summed E-state index contributed by atoms with van der Waals surface area (Å²) in [6.45, 7) is 5.28. The molecule has 6 heteroatoms. The van der Waals surface area contributed by atoms with E-state index in [1.165, 1.54) is 0 Å². The van der Waals surface area contributed by atoms with Gasteiger partial charge in [-0.1, -0.05) is 11.6 Å². The van der Waals surface area contributed by atoms with Gasteiger partial charge in [0.1, 0.15) is 5.15 Å². The first kappa shape index (κ1) is 12.1. The second-order valence-corrected chi connectivity index (χ2v) is 5.41. The highest BCUT2D eigenvalue weighted by atomic mass is 35.5. The number of thiazole rings is 1. The average Bonchev–Trinajstić information content (AvgIpc) is 2.61. The SMILES string of the molecule is CC(N)Cc1sc(N2CCOCC2)nc1Cl. The van der Waals surface area contributed by atoms with Crippen molar-refractivity contribution in [2.24, 2.45) is 5.73 Å². The van der Waals surface area contributed by atoms with Crippen LogP contribution in [-0.4, -0.2) is 37.3 Å². The lowest BCUT2D eigenvalue weighted by molar-refractivity contribution is 0.122. The largest absolute Gasteiger partial charge is 0.378 e. The van der Waals surface area contributed by atoms with Gasteiger partial charge < -0.3 is 15.4 Å². The summed E-state index contributed by atoms with van der Waals surface area (Å²) in [6, 6.07) is 0.121. The monoisotopic (exact) mass is 261 g/mol. The minimum atomic E-state index is 0.121. The van der Waals surface area contributed by atoms with Gasteiger partial charge in [0.15, 0.2) is 5.13 Å². The molecule has 2 heterocycles. The van der Waals surface area contributed by atoms with Crippen LogP contribution in [0.2, 0.25) is 5.15 Å². The molecule has 0 saturated carbocycles. The first-order valence-electron chi connectivity index (χ1n) is 5.40. The van der Waals surface area contributed by atoms with Crippen LogP contribution in [0, 0.1) is 0 Å². The Morgan fingerprint density at radius 2 is 2.25 bits per heavy atom. The van der Waals surface area contributed by atoms with Crippen LogP contribution in [0.25, 0.3) is 0 Å². The number of hydrogen-bond donors (Lipinski definition) is 1. The zero-order valence-corrected chi connectivity index (χ0v) is 10.9. The third-order valence-corrected chi connectivity index (χ3v) is 3.99. The van der Waals surface area contributed by atoms with Crippen LogP contribution in [0.4, 0.5) is 5.13 Å². The van der Waals surface area contributed by atoms with Gasteiger partial charge in [-0.15, -0.1) is 11.3 Å². The van der Waals surface area contributed by atoms with Crippen molar-refractivity contribution in [2.45, 2.75) is 19.4 Å². The molecule has 4 nitrogen and oxygen atoms in total. The minimum Gasteiger partial charge on any atom is -0.378 e. The van der Waals surface area contributed by atoms with Crippen molar-refractivity contribution in [3.05, 3.63) is 10.0 Å². The van der Waals surface area contributed by atoms with Crippen molar-refractivity contribution in [1.29, 1.82) is 0 Å². The zero-order chi connectivity index (χ0) is 11.5. The maximum atomic E-state index is 6.09. The van der Waals surface area contributed by atoms with Crippen LogP contribution in [0.15, 0.2) is 0 Å². The number of hydrogen-bond acceptors (Lipinski definition) is 5. The van der Waals surface area contributed by atoms with Crippen molar-refractivity contribution in [1.82, 2.24) is 4.98 Å². The maximum absolute atomic E-state index is 6.09. The van der Waals surface area contributed by atoms with E-state index in [1.54, 1.807) is 11.3 Å². The third-order valence-electron chi connectivity index (χ3n) is 2.43. The van der Waals surface area contributed by atoms with Gasteiger partial charge in [-0.3, -0.25) is 0 Å². The van der Waals surface area contributed by atoms with Crippen LogP contribution in [0.5, 0.6) is 0 Å². The van der Waals surface area contributed by atoms with E-state index in [0.717, 1.165) is 42.7 Å². The molecule has 2 N–H and O–H groups in total. The third kappa shape index (κ3) is 2.85. The van der Waals surface area contributed by atoms with Gasteiger partial charge in [0.05, 0.1) is 13.2 Å². The number of aromatic nitrogens is 1. The van der Waals surface area contributed by atoms with Gasteiger partial charge in [-0.05, 0) is 13.3 Å². The normalized spacial score (nSPS) is 18.8. The molecule has 2 rings (SSSR count). The summed E-state index contributed by atoms with van der Waals surface area (Å²) in [5.41, 5.74) is 5.77. The Morgan fingerprint density at radius 1 is 1.56 bits per heavy atom. The summed E-state index contributed by atoms with van der Waals surface area (Å²) in [7, 11) is 0. The Kier molecular flexibility index (Phi) is 4.02. The predicted octanol–water partition coefficient (Wildman–Crippen LogP) is 1.52. The number of ether oxygens (including phenoxy) is 1. The number of halogens is 1. The first-order chi connectivity index (χ1) is 7.66. The molecule has 1 aliphatic heterocycles. The summed E-state index contributed by atoms with van der Waals surface area (Å²) < 4.78 is 5.30. The molecule has 0 bridgehead atoms. The second-order valence-electron chi connectivity index (χ2n) is 3.99. The summed E-state index contributed by atoms with van der Waals surface area (Å²) in [4.78, 5) is 7.68. The minimum absolute atomic E-state index is 0.121. The summed E-state index contributed by atoms with van der Waals surface area (Å²) in [6.07, 6.45) is 0.793. The highest BCUT2D eigenvalue weighted by Gasteiger charge is 2.18. The Hall–Kier alpha value is -0.360. The van der Waals surface area contributed by atoms with E-state index in [2.05, 4.69) is 9.88 Å². The van der Waals surface area contributed by atoms with Crippen LogP contribution in [0.1, 0.15) is 11.8 Å². The molecule has 0 amide bonds. The summed E-state index contributed by atoms with van der Waals surface area (Å²) in [5, 5.41) is 1.59. The smallest absolute Gasteiger partial charge is 0.187 e. The van der Waals surface area contributed by atoms with Crippen molar-refractivity contribution < 1.29 is 4.74 Å². The van der Waals surface area contributed by atoms with E-state index in [1.807, 2.05) is 6.92 Å². The number of anilines is 1. The van der Waals surface area contributed by atoms with Crippen LogP contribution < -0.4 is 10.6 Å². The highest BCUT2D eigenvalue weighted by molar-refractivity contribution is 7.16. The van der Waals surface area contributed by atoms with E-state index in [4.69, 9.17) is 22.1 Å². The Labute approximate surface area is 104 Å². The van der Waals surface area contributed by atoms with E-state index in [-0.39, 0.29) is 6.04 Å². The van der Waals surface area contributed by atoms with Gasteiger partial charge >= 0.3 is 0 Å². The Morgan fingerprint density at radius 3 is 2.88 bits per heavy atom. The summed E-state index contributed by atoms with van der Waals surface area (Å²) in [5.74, 6) is 0. The predicted molar refractivity (Wildman–Crippen MR) is 67.5 cm³/mol. The first-order valence-corrected chi connectivity index (χ1v) is 6.59. The van der Waals surface area contributed by atoms with Crippen molar-refractivity contribution in [3.63, 3.8) is 0 Å². The molecule has 0 aromatic carbocycles. The molecule has 1 aliphatic rings. The molecule has 1 fully saturated rings. The lowest BCUT2D eigenvalue weighted by Crippen LogP contribution is -2.36. The molecule has 1 atom stereocenters. The molecule has 90 valence electrons. The van der Waals surface area contributed by atoms with E-state index < -0.39 is 0 Å². The van der Waals surface area contributed by atoms with Crippen LogP contribution >= 0.6 is 22.9 Å². The molecule has 1 saturated heterocycles. The molecule has 0 radical (unpaired) electrons. The molecular weight excluding hydrogens is 246 g/mol. The van der Waals surface area contributed by atoms with Crippen molar-refractivity contribution in [3.8, 4) is 0 Å². The lowest BCUT2D eigenvalue weighted by atomic mass is 10.2. The molecule has 1 aromatic rings. The number of morpholine rings is 1. The maximum Gasteiger partial charge on any atom is 0.187 e. The number of nitrogens with zero attached hydrogens (tertiary/aromatic N) is 2. The Bertz CT molecular complexity index is 350. The molecule has 16 heavy (non-hydrogen) atoms. The molecule has 1 unspecified atom stereocenters.